The van der Waals surface area contributed by atoms with Crippen LogP contribution < -0.4 is 5.32 Å². The Hall–Kier alpha value is -3.84. The van der Waals surface area contributed by atoms with Gasteiger partial charge in [-0.15, -0.1) is 0 Å². The Morgan fingerprint density at radius 1 is 1.10 bits per heavy atom. The number of benzene rings is 2. The molecule has 0 aliphatic rings. The third-order valence-electron chi connectivity index (χ3n) is 4.92. The lowest BCUT2D eigenvalue weighted by Crippen LogP contribution is -2.14. The summed E-state index contributed by atoms with van der Waals surface area (Å²) in [6.07, 6.45) is 3.87. The molecule has 4 rings (SSSR count). The summed E-state index contributed by atoms with van der Waals surface area (Å²) >= 11 is 0. The summed E-state index contributed by atoms with van der Waals surface area (Å²) in [5.41, 5.74) is 5.60. The average Bonchev–Trinajstić information content (AvgIpc) is 3.25. The molecule has 0 fully saturated rings. The van der Waals surface area contributed by atoms with Crippen LogP contribution in [0.25, 0.3) is 28.1 Å². The second kappa shape index (κ2) is 9.32. The van der Waals surface area contributed by atoms with Crippen LogP contribution >= 0.6 is 0 Å². The van der Waals surface area contributed by atoms with Crippen molar-refractivity contribution < 1.29 is 5.11 Å². The Morgan fingerprint density at radius 2 is 1.87 bits per heavy atom. The van der Waals surface area contributed by atoms with Gasteiger partial charge >= 0.3 is 0 Å². The van der Waals surface area contributed by atoms with Gasteiger partial charge in [-0.25, -0.2) is 15.0 Å². The van der Waals surface area contributed by atoms with Gasteiger partial charge in [-0.1, -0.05) is 60.2 Å². The fourth-order valence-electron chi connectivity index (χ4n) is 3.25. The smallest absolute Gasteiger partial charge is 0.161 e. The molecule has 31 heavy (non-hydrogen) atoms. The van der Waals surface area contributed by atoms with Crippen molar-refractivity contribution >= 4 is 22.4 Å². The van der Waals surface area contributed by atoms with Gasteiger partial charge in [-0.3, -0.25) is 5.41 Å². The largest absolute Gasteiger partial charge is 0.396 e. The number of nitrogens with one attached hydrogen (secondary N) is 3. The zero-order chi connectivity index (χ0) is 21.6. The molecule has 0 saturated carbocycles. The minimum atomic E-state index is 0.100. The van der Waals surface area contributed by atoms with Crippen molar-refractivity contribution in [2.75, 3.05) is 13.2 Å². The lowest BCUT2D eigenvalue weighted by Gasteiger charge is -2.11. The Bertz CT molecular complexity index is 1210. The summed E-state index contributed by atoms with van der Waals surface area (Å²) in [5.74, 6) is 0.701. The summed E-state index contributed by atoms with van der Waals surface area (Å²) in [4.78, 5) is 16.8. The van der Waals surface area contributed by atoms with Gasteiger partial charge in [0.1, 0.15) is 23.4 Å². The number of aliphatic hydroxyl groups excluding tert-OH is 1. The molecule has 0 atom stereocenters. The second-order valence-corrected chi connectivity index (χ2v) is 7.20. The van der Waals surface area contributed by atoms with Gasteiger partial charge in [0.05, 0.1) is 5.71 Å². The standard InChI is InChI=1S/C24H24N6O/c1-16-8-10-17(11-9-16)20(25)19(14-26-12-5-13-31)21-22-24(28-15-27-21)30-23(29-22)18-6-3-2-4-7-18/h2-4,6-11,14-15,25-26,31H,5,12-13H2,1H3,(H,27,28,29,30)/b19-14+,25-20?. The van der Waals surface area contributed by atoms with E-state index in [2.05, 4.69) is 20.3 Å². The number of aryl methyl sites for hydroxylation is 1. The number of H-pyrrole nitrogens is 1. The molecule has 4 N–H and O–H groups in total. The minimum absolute atomic E-state index is 0.100. The Morgan fingerprint density at radius 3 is 2.61 bits per heavy atom. The molecule has 0 aliphatic carbocycles. The van der Waals surface area contributed by atoms with E-state index in [1.807, 2.05) is 61.5 Å². The van der Waals surface area contributed by atoms with Gasteiger partial charge < -0.3 is 15.4 Å². The minimum Gasteiger partial charge on any atom is -0.396 e. The van der Waals surface area contributed by atoms with E-state index in [0.29, 0.717) is 46.9 Å². The quantitative estimate of drug-likeness (QED) is 0.260. The van der Waals surface area contributed by atoms with Gasteiger partial charge in [-0.2, -0.15) is 0 Å². The highest BCUT2D eigenvalue weighted by atomic mass is 16.3. The topological polar surface area (TPSA) is 111 Å². The van der Waals surface area contributed by atoms with Gasteiger partial charge in [0.2, 0.25) is 0 Å². The molecule has 2 aromatic heterocycles. The highest BCUT2D eigenvalue weighted by molar-refractivity contribution is 6.31. The monoisotopic (exact) mass is 412 g/mol. The van der Waals surface area contributed by atoms with E-state index in [1.165, 1.54) is 6.33 Å². The van der Waals surface area contributed by atoms with Crippen LogP contribution in [0.2, 0.25) is 0 Å². The number of allylic oxidation sites excluding steroid dienone is 1. The maximum absolute atomic E-state index is 9.08. The van der Waals surface area contributed by atoms with Gasteiger partial charge in [0.15, 0.2) is 5.65 Å². The van der Waals surface area contributed by atoms with Gasteiger partial charge in [0, 0.05) is 36.1 Å². The molecule has 2 aromatic carbocycles. The van der Waals surface area contributed by atoms with Crippen molar-refractivity contribution in [3.63, 3.8) is 0 Å². The summed E-state index contributed by atoms with van der Waals surface area (Å²) < 4.78 is 0. The van der Waals surface area contributed by atoms with Crippen molar-refractivity contribution in [3.05, 3.63) is 83.9 Å². The van der Waals surface area contributed by atoms with Crippen LogP contribution in [0.4, 0.5) is 0 Å². The Kier molecular flexibility index (Phi) is 6.14. The maximum Gasteiger partial charge on any atom is 0.161 e. The average molecular weight is 412 g/mol. The van der Waals surface area contributed by atoms with Crippen LogP contribution in [0.1, 0.15) is 23.2 Å². The first-order chi connectivity index (χ1) is 15.2. The fraction of sp³-hybridized carbons (Fsp3) is 0.167. The van der Waals surface area contributed by atoms with E-state index >= 15 is 0 Å². The number of aromatic amines is 1. The molecule has 0 radical (unpaired) electrons. The van der Waals surface area contributed by atoms with Crippen LogP contribution in [0.3, 0.4) is 0 Å². The lowest BCUT2D eigenvalue weighted by molar-refractivity contribution is 0.288. The molecule has 2 heterocycles. The SMILES string of the molecule is Cc1ccc(C(=N)/C(=C\NCCCO)c2ncnc3[nH]c(-c4ccccc4)nc23)cc1. The van der Waals surface area contributed by atoms with Crippen molar-refractivity contribution in [2.45, 2.75) is 13.3 Å². The van der Waals surface area contributed by atoms with Crippen molar-refractivity contribution in [1.29, 1.82) is 5.41 Å². The molecule has 0 spiro atoms. The summed E-state index contributed by atoms with van der Waals surface area (Å²) in [5, 5.41) is 21.1. The van der Waals surface area contributed by atoms with Crippen molar-refractivity contribution in [3.8, 4) is 11.4 Å². The number of aliphatic hydroxyl groups is 1. The van der Waals surface area contributed by atoms with Crippen LogP contribution in [0.15, 0.2) is 67.1 Å². The molecule has 0 unspecified atom stereocenters. The fourth-order valence-corrected chi connectivity index (χ4v) is 3.25. The van der Waals surface area contributed by atoms with Crippen LogP contribution in [-0.2, 0) is 0 Å². The number of nitrogens with zero attached hydrogens (tertiary/aromatic N) is 3. The zero-order valence-corrected chi connectivity index (χ0v) is 17.3. The van der Waals surface area contributed by atoms with Crippen LogP contribution in [-0.4, -0.2) is 43.9 Å². The summed E-state index contributed by atoms with van der Waals surface area (Å²) in [6, 6.07) is 17.7. The van der Waals surface area contributed by atoms with E-state index in [0.717, 1.165) is 16.7 Å². The van der Waals surface area contributed by atoms with E-state index in [-0.39, 0.29) is 6.61 Å². The first-order valence-corrected chi connectivity index (χ1v) is 10.1. The normalized spacial score (nSPS) is 11.6. The highest BCUT2D eigenvalue weighted by Gasteiger charge is 2.18. The number of rotatable bonds is 8. The molecule has 7 heteroatoms. The van der Waals surface area contributed by atoms with Crippen LogP contribution in [0.5, 0.6) is 0 Å². The number of hydrogen-bond donors (Lipinski definition) is 4. The maximum atomic E-state index is 9.08. The third-order valence-corrected chi connectivity index (χ3v) is 4.92. The highest BCUT2D eigenvalue weighted by Crippen LogP contribution is 2.26. The van der Waals surface area contributed by atoms with Gasteiger partial charge in [0.25, 0.3) is 0 Å². The number of aromatic nitrogens is 4. The molecule has 0 saturated heterocycles. The third kappa shape index (κ3) is 4.51. The zero-order valence-electron chi connectivity index (χ0n) is 17.3. The predicted octanol–water partition coefficient (Wildman–Crippen LogP) is 3.71. The molecular weight excluding hydrogens is 388 g/mol. The van der Waals surface area contributed by atoms with E-state index < -0.39 is 0 Å². The summed E-state index contributed by atoms with van der Waals surface area (Å²) in [6.45, 7) is 2.71. The van der Waals surface area contributed by atoms with Crippen molar-refractivity contribution in [2.24, 2.45) is 0 Å². The summed E-state index contributed by atoms with van der Waals surface area (Å²) in [7, 11) is 0. The molecular formula is C24H24N6O. The lowest BCUT2D eigenvalue weighted by atomic mass is 9.99. The predicted molar refractivity (Wildman–Crippen MR) is 123 cm³/mol. The molecule has 0 amide bonds. The van der Waals surface area contributed by atoms with Crippen LogP contribution in [0, 0.1) is 12.3 Å². The Balaban J connectivity index is 1.79. The molecule has 0 aliphatic heterocycles. The molecule has 0 bridgehead atoms. The second-order valence-electron chi connectivity index (χ2n) is 7.20. The van der Waals surface area contributed by atoms with E-state index in [1.54, 1.807) is 6.20 Å². The first-order valence-electron chi connectivity index (χ1n) is 10.1. The van der Waals surface area contributed by atoms with E-state index in [9.17, 15) is 0 Å². The molecule has 7 nitrogen and oxygen atoms in total. The Labute approximate surface area is 180 Å². The number of fused-ring (bicyclic) bond motifs is 1. The van der Waals surface area contributed by atoms with E-state index in [4.69, 9.17) is 15.5 Å². The van der Waals surface area contributed by atoms with Gasteiger partial charge in [-0.05, 0) is 13.3 Å². The number of hydrogen-bond acceptors (Lipinski definition) is 6. The number of imidazole rings is 1. The molecule has 4 aromatic rings. The molecule has 156 valence electrons. The first kappa shape index (κ1) is 20.4. The van der Waals surface area contributed by atoms with Crippen molar-refractivity contribution in [1.82, 2.24) is 25.3 Å².